The molecule has 0 unspecified atom stereocenters. The summed E-state index contributed by atoms with van der Waals surface area (Å²) in [7, 11) is 1.61. The molecule has 0 saturated heterocycles. The Hall–Kier alpha value is 0.700. The molecule has 0 spiro atoms. The van der Waals surface area contributed by atoms with Crippen molar-refractivity contribution in [1.82, 2.24) is 10.2 Å². The Morgan fingerprint density at radius 3 is 1.85 bits per heavy atom. The van der Waals surface area contributed by atoms with Gasteiger partial charge < -0.3 is 15.5 Å². The maximum absolute atomic E-state index is 10.2. The van der Waals surface area contributed by atoms with Crippen LogP contribution < -0.4 is 5.32 Å². The third-order valence-corrected chi connectivity index (χ3v) is 1.05. The molecule has 0 aliphatic carbocycles. The summed E-state index contributed by atoms with van der Waals surface area (Å²) in [6, 6.07) is 0. The minimum absolute atomic E-state index is 0. The summed E-state index contributed by atoms with van der Waals surface area (Å²) in [5, 5.41) is 19.2. The van der Waals surface area contributed by atoms with Gasteiger partial charge in [-0.05, 0) is 7.05 Å². The summed E-state index contributed by atoms with van der Waals surface area (Å²) >= 11 is 0. The number of rotatable bonds is 3. The zero-order valence-electron chi connectivity index (χ0n) is 6.07. The number of nitrogens with one attached hydrogen (secondary N) is 1. The molecule has 68 valence electrons. The van der Waals surface area contributed by atoms with Crippen LogP contribution in [0, 0.1) is 0 Å². The first-order chi connectivity index (χ1) is 5.09. The fourth-order valence-corrected chi connectivity index (χ4v) is 0.497. The van der Waals surface area contributed by atoms with E-state index >= 15 is 0 Å². The van der Waals surface area contributed by atoms with E-state index < -0.39 is 12.2 Å². The summed E-state index contributed by atoms with van der Waals surface area (Å²) < 4.78 is 0. The minimum atomic E-state index is -1.45. The summed E-state index contributed by atoms with van der Waals surface area (Å²) in [5.41, 5.74) is 0. The molecule has 0 aromatic carbocycles. The van der Waals surface area contributed by atoms with Crippen molar-refractivity contribution in [1.29, 1.82) is 0 Å². The van der Waals surface area contributed by atoms with Gasteiger partial charge in [-0.15, -0.1) is 0 Å². The predicted octanol–water partition coefficient (Wildman–Crippen LogP) is -1.43. The topological polar surface area (TPSA) is 89.9 Å². The molecule has 8 heteroatoms. The second-order valence-electron chi connectivity index (χ2n) is 1.82. The second kappa shape index (κ2) is 10.8. The Kier molecular flexibility index (Phi) is 16.0. The fourth-order valence-electron chi connectivity index (χ4n) is 0.497. The van der Waals surface area contributed by atoms with Gasteiger partial charge in [-0.2, -0.15) is 0 Å². The SMILES string of the molecule is CNCCN(C(=O)O)C(=O)O.[NaH].[NaH]. The van der Waals surface area contributed by atoms with Crippen molar-refractivity contribution >= 4 is 71.3 Å². The third kappa shape index (κ3) is 9.01. The van der Waals surface area contributed by atoms with E-state index in [1.165, 1.54) is 0 Å². The van der Waals surface area contributed by atoms with Crippen molar-refractivity contribution in [2.75, 3.05) is 20.1 Å². The molecule has 0 aromatic heterocycles. The van der Waals surface area contributed by atoms with Crippen LogP contribution in [0.1, 0.15) is 0 Å². The van der Waals surface area contributed by atoms with Crippen LogP contribution in [0.5, 0.6) is 0 Å². The van der Waals surface area contributed by atoms with Crippen LogP contribution in [0.15, 0.2) is 0 Å². The van der Waals surface area contributed by atoms with Crippen LogP contribution >= 0.6 is 0 Å². The molecule has 0 heterocycles. The zero-order chi connectivity index (χ0) is 8.85. The number of amides is 2. The molecule has 3 N–H and O–H groups in total. The number of nitrogens with zero attached hydrogens (tertiary/aromatic N) is 1. The summed E-state index contributed by atoms with van der Waals surface area (Å²) in [6.45, 7) is 0.264. The Labute approximate surface area is 120 Å². The Morgan fingerprint density at radius 1 is 1.23 bits per heavy atom. The maximum atomic E-state index is 10.2. The van der Waals surface area contributed by atoms with Gasteiger partial charge in [0.25, 0.3) is 0 Å². The van der Waals surface area contributed by atoms with Crippen molar-refractivity contribution in [2.24, 2.45) is 0 Å². The summed E-state index contributed by atoms with van der Waals surface area (Å²) in [6.07, 6.45) is -2.90. The molecule has 0 aliphatic rings. The van der Waals surface area contributed by atoms with Crippen molar-refractivity contribution in [3.63, 3.8) is 0 Å². The average Bonchev–Trinajstić information content (AvgIpc) is 1.87. The zero-order valence-corrected chi connectivity index (χ0v) is 6.07. The van der Waals surface area contributed by atoms with Gasteiger partial charge in [0.2, 0.25) is 0 Å². The molecule has 0 bridgehead atoms. The normalized spacial score (nSPS) is 7.77. The van der Waals surface area contributed by atoms with Crippen molar-refractivity contribution in [3.05, 3.63) is 0 Å². The first kappa shape index (κ1) is 19.3. The van der Waals surface area contributed by atoms with Crippen LogP contribution in [0.4, 0.5) is 9.59 Å². The summed E-state index contributed by atoms with van der Waals surface area (Å²) in [5.74, 6) is 0. The van der Waals surface area contributed by atoms with E-state index in [2.05, 4.69) is 5.32 Å². The number of hydrogen-bond donors (Lipinski definition) is 3. The molecule has 13 heavy (non-hydrogen) atoms. The Balaban J connectivity index is -0.000000500. The standard InChI is InChI=1S/C5H10N2O4.2Na.2H/c1-6-2-3-7(4(8)9)5(10)11;;;;/h6H,2-3H2,1H3,(H,8,9)(H,10,11);;;;. The molecule has 0 rings (SSSR count). The molecule has 0 aromatic rings. The number of imide groups is 1. The summed E-state index contributed by atoms with van der Waals surface area (Å²) in [4.78, 5) is 20.6. The molecular weight excluding hydrogens is 198 g/mol. The predicted molar refractivity (Wildman–Crippen MR) is 51.0 cm³/mol. The van der Waals surface area contributed by atoms with Gasteiger partial charge in [0.15, 0.2) is 0 Å². The number of hydrogen-bond acceptors (Lipinski definition) is 3. The van der Waals surface area contributed by atoms with E-state index in [9.17, 15) is 9.59 Å². The van der Waals surface area contributed by atoms with E-state index in [1.807, 2.05) is 0 Å². The van der Waals surface area contributed by atoms with Gasteiger partial charge in [-0.3, -0.25) is 0 Å². The van der Waals surface area contributed by atoms with Gasteiger partial charge in [-0.1, -0.05) is 0 Å². The Bertz CT molecular complexity index is 153. The van der Waals surface area contributed by atoms with Crippen LogP contribution in [0.25, 0.3) is 0 Å². The Morgan fingerprint density at radius 2 is 1.62 bits per heavy atom. The third-order valence-electron chi connectivity index (χ3n) is 1.05. The molecule has 0 atom stereocenters. The number of carbonyl (C=O) groups is 2. The molecule has 0 radical (unpaired) electrons. The quantitative estimate of drug-likeness (QED) is 0.497. The molecule has 0 saturated carbocycles. The van der Waals surface area contributed by atoms with Gasteiger partial charge >= 0.3 is 71.3 Å². The van der Waals surface area contributed by atoms with Crippen LogP contribution in [0.2, 0.25) is 0 Å². The van der Waals surface area contributed by atoms with Crippen LogP contribution in [0.3, 0.4) is 0 Å². The molecule has 2 amide bonds. The monoisotopic (exact) mass is 210 g/mol. The van der Waals surface area contributed by atoms with E-state index in [4.69, 9.17) is 10.2 Å². The van der Waals surface area contributed by atoms with E-state index in [1.54, 1.807) is 7.05 Å². The van der Waals surface area contributed by atoms with E-state index in [-0.39, 0.29) is 65.7 Å². The average molecular weight is 210 g/mol. The van der Waals surface area contributed by atoms with Gasteiger partial charge in [0, 0.05) is 13.1 Å². The van der Waals surface area contributed by atoms with Gasteiger partial charge in [-0.25, -0.2) is 14.5 Å². The van der Waals surface area contributed by atoms with Crippen LogP contribution in [-0.2, 0) is 0 Å². The van der Waals surface area contributed by atoms with Crippen molar-refractivity contribution in [2.45, 2.75) is 0 Å². The molecule has 6 nitrogen and oxygen atoms in total. The van der Waals surface area contributed by atoms with E-state index in [0.29, 0.717) is 11.4 Å². The number of likely N-dealkylation sites (N-methyl/N-ethyl adjacent to an activating group) is 1. The molecule has 0 fully saturated rings. The fraction of sp³-hybridized carbons (Fsp3) is 0.600. The first-order valence-electron chi connectivity index (χ1n) is 2.97. The molecule has 0 aliphatic heterocycles. The molecular formula is C5H12N2Na2O4. The van der Waals surface area contributed by atoms with E-state index in [0.717, 1.165) is 0 Å². The van der Waals surface area contributed by atoms with Crippen molar-refractivity contribution < 1.29 is 19.8 Å². The van der Waals surface area contributed by atoms with Crippen LogP contribution in [-0.4, -0.2) is 107 Å². The number of carboxylic acid groups (broad SMARTS) is 2. The van der Waals surface area contributed by atoms with Gasteiger partial charge in [0.05, 0.1) is 0 Å². The first-order valence-corrected chi connectivity index (χ1v) is 2.97. The van der Waals surface area contributed by atoms with Gasteiger partial charge in [0.1, 0.15) is 0 Å². The second-order valence-corrected chi connectivity index (χ2v) is 1.82. The van der Waals surface area contributed by atoms with Crippen molar-refractivity contribution in [3.8, 4) is 0 Å².